The zero-order chi connectivity index (χ0) is 22.6. The number of carbonyl (C=O) groups excluding carboxylic acids is 2. The fourth-order valence-corrected chi connectivity index (χ4v) is 5.40. The van der Waals surface area contributed by atoms with E-state index in [2.05, 4.69) is 15.0 Å². The Kier molecular flexibility index (Phi) is 6.60. The van der Waals surface area contributed by atoms with E-state index in [4.69, 9.17) is 4.52 Å². The Labute approximate surface area is 194 Å². The van der Waals surface area contributed by atoms with Crippen LogP contribution in [-0.2, 0) is 17.6 Å². The van der Waals surface area contributed by atoms with Gasteiger partial charge in [0.1, 0.15) is 11.6 Å². The van der Waals surface area contributed by atoms with Gasteiger partial charge in [-0.25, -0.2) is 4.98 Å². The molecule has 176 valence electrons. The van der Waals surface area contributed by atoms with Gasteiger partial charge in [-0.3, -0.25) is 9.59 Å². The summed E-state index contributed by atoms with van der Waals surface area (Å²) in [5.74, 6) is 2.47. The standard InChI is InChI=1S/C25H33N5O3/c31-23(29-16-14-28(15-17-29)22-9-3-4-12-26-22)11-10-19-6-5-13-30(18-19)25(32)24-20-7-1-2-8-21(20)33-27-24/h3-4,9,12,19H,1-2,5-8,10-11,13-18H2/t19-/m0/s1. The second-order valence-corrected chi connectivity index (χ2v) is 9.49. The summed E-state index contributed by atoms with van der Waals surface area (Å²) < 4.78 is 5.45. The second kappa shape index (κ2) is 9.93. The second-order valence-electron chi connectivity index (χ2n) is 9.49. The smallest absolute Gasteiger partial charge is 0.276 e. The molecule has 1 aliphatic carbocycles. The van der Waals surface area contributed by atoms with Crippen LogP contribution in [-0.4, -0.2) is 71.0 Å². The number of piperidine rings is 1. The van der Waals surface area contributed by atoms with E-state index >= 15 is 0 Å². The summed E-state index contributed by atoms with van der Waals surface area (Å²) in [6, 6.07) is 5.93. The van der Waals surface area contributed by atoms with Crippen molar-refractivity contribution in [3.05, 3.63) is 41.4 Å². The van der Waals surface area contributed by atoms with Crippen molar-refractivity contribution in [2.75, 3.05) is 44.2 Å². The highest BCUT2D eigenvalue weighted by atomic mass is 16.5. The molecule has 33 heavy (non-hydrogen) atoms. The van der Waals surface area contributed by atoms with Crippen LogP contribution >= 0.6 is 0 Å². The Morgan fingerprint density at radius 2 is 1.85 bits per heavy atom. The average molecular weight is 452 g/mol. The Balaban J connectivity index is 1.10. The molecule has 0 spiro atoms. The molecule has 0 unspecified atom stereocenters. The molecule has 0 radical (unpaired) electrons. The number of aryl methyl sites for hydroxylation is 1. The first-order valence-electron chi connectivity index (χ1n) is 12.4. The molecule has 2 aromatic heterocycles. The summed E-state index contributed by atoms with van der Waals surface area (Å²) in [5, 5.41) is 4.13. The lowest BCUT2D eigenvalue weighted by Gasteiger charge is -2.36. The zero-order valence-corrected chi connectivity index (χ0v) is 19.2. The minimum absolute atomic E-state index is 0.00331. The predicted octanol–water partition coefficient (Wildman–Crippen LogP) is 2.93. The number of likely N-dealkylation sites (tertiary alicyclic amines) is 1. The molecular formula is C25H33N5O3. The highest BCUT2D eigenvalue weighted by Crippen LogP contribution is 2.28. The van der Waals surface area contributed by atoms with E-state index in [1.165, 1.54) is 0 Å². The summed E-state index contributed by atoms with van der Waals surface area (Å²) >= 11 is 0. The maximum absolute atomic E-state index is 13.1. The van der Waals surface area contributed by atoms with Crippen LogP contribution in [0.3, 0.4) is 0 Å². The quantitative estimate of drug-likeness (QED) is 0.695. The van der Waals surface area contributed by atoms with Crippen LogP contribution in [0.2, 0.25) is 0 Å². The van der Waals surface area contributed by atoms with Gasteiger partial charge in [0.05, 0.1) is 0 Å². The van der Waals surface area contributed by atoms with Crippen molar-refractivity contribution in [1.29, 1.82) is 0 Å². The monoisotopic (exact) mass is 451 g/mol. The Bertz CT molecular complexity index is 968. The van der Waals surface area contributed by atoms with Crippen molar-refractivity contribution >= 4 is 17.6 Å². The molecule has 0 bridgehead atoms. The average Bonchev–Trinajstić information content (AvgIpc) is 3.32. The summed E-state index contributed by atoms with van der Waals surface area (Å²) in [6.07, 6.45) is 9.21. The van der Waals surface area contributed by atoms with Crippen LogP contribution in [0.5, 0.6) is 0 Å². The van der Waals surface area contributed by atoms with Crippen molar-refractivity contribution < 1.29 is 14.1 Å². The normalized spacial score (nSPS) is 21.1. The highest BCUT2D eigenvalue weighted by molar-refractivity contribution is 5.94. The van der Waals surface area contributed by atoms with Gasteiger partial charge in [0.2, 0.25) is 5.91 Å². The number of aromatic nitrogens is 2. The fraction of sp³-hybridized carbons (Fsp3) is 0.600. The van der Waals surface area contributed by atoms with Crippen molar-refractivity contribution in [1.82, 2.24) is 19.9 Å². The number of carbonyl (C=O) groups is 2. The van der Waals surface area contributed by atoms with E-state index in [9.17, 15) is 9.59 Å². The highest BCUT2D eigenvalue weighted by Gasteiger charge is 2.31. The molecule has 2 fully saturated rings. The zero-order valence-electron chi connectivity index (χ0n) is 19.2. The largest absolute Gasteiger partial charge is 0.360 e. The van der Waals surface area contributed by atoms with Gasteiger partial charge in [0, 0.05) is 63.9 Å². The number of rotatable bonds is 5. The van der Waals surface area contributed by atoms with E-state index in [1.807, 2.05) is 34.2 Å². The maximum Gasteiger partial charge on any atom is 0.276 e. The number of hydrogen-bond donors (Lipinski definition) is 0. The number of amides is 2. The molecule has 0 saturated carbocycles. The summed E-state index contributed by atoms with van der Waals surface area (Å²) in [5.41, 5.74) is 1.54. The molecule has 2 amide bonds. The Hall–Kier alpha value is -2.90. The number of pyridine rings is 1. The van der Waals surface area contributed by atoms with Gasteiger partial charge < -0.3 is 19.2 Å². The third kappa shape index (κ3) is 4.89. The molecule has 4 heterocycles. The molecule has 1 atom stereocenters. The van der Waals surface area contributed by atoms with Gasteiger partial charge in [-0.05, 0) is 56.6 Å². The molecule has 0 aromatic carbocycles. The lowest BCUT2D eigenvalue weighted by molar-refractivity contribution is -0.131. The lowest BCUT2D eigenvalue weighted by Crippen LogP contribution is -2.49. The van der Waals surface area contributed by atoms with Gasteiger partial charge >= 0.3 is 0 Å². The number of hydrogen-bond acceptors (Lipinski definition) is 6. The molecule has 2 saturated heterocycles. The summed E-state index contributed by atoms with van der Waals surface area (Å²) in [4.78, 5) is 36.5. The van der Waals surface area contributed by atoms with Crippen LogP contribution in [0.4, 0.5) is 5.82 Å². The topological polar surface area (TPSA) is 82.8 Å². The van der Waals surface area contributed by atoms with Gasteiger partial charge in [0.15, 0.2) is 5.69 Å². The molecule has 5 rings (SSSR count). The Morgan fingerprint density at radius 3 is 2.67 bits per heavy atom. The summed E-state index contributed by atoms with van der Waals surface area (Å²) in [6.45, 7) is 4.58. The first-order chi connectivity index (χ1) is 16.2. The number of fused-ring (bicyclic) bond motifs is 1. The van der Waals surface area contributed by atoms with E-state index in [0.29, 0.717) is 24.6 Å². The van der Waals surface area contributed by atoms with E-state index in [0.717, 1.165) is 94.8 Å². The molecule has 2 aliphatic heterocycles. The maximum atomic E-state index is 13.1. The lowest BCUT2D eigenvalue weighted by atomic mass is 9.92. The molecular weight excluding hydrogens is 418 g/mol. The van der Waals surface area contributed by atoms with Gasteiger partial charge in [-0.15, -0.1) is 0 Å². The van der Waals surface area contributed by atoms with Gasteiger partial charge in [-0.1, -0.05) is 11.2 Å². The summed E-state index contributed by atoms with van der Waals surface area (Å²) in [7, 11) is 0. The molecule has 3 aliphatic rings. The molecule has 8 nitrogen and oxygen atoms in total. The van der Waals surface area contributed by atoms with Crippen LogP contribution in [0, 0.1) is 5.92 Å². The van der Waals surface area contributed by atoms with Crippen LogP contribution < -0.4 is 4.90 Å². The minimum Gasteiger partial charge on any atom is -0.360 e. The van der Waals surface area contributed by atoms with Crippen molar-refractivity contribution in [3.63, 3.8) is 0 Å². The number of nitrogens with zero attached hydrogens (tertiary/aromatic N) is 5. The van der Waals surface area contributed by atoms with Crippen molar-refractivity contribution in [2.45, 2.75) is 51.4 Å². The molecule has 0 N–H and O–H groups in total. The van der Waals surface area contributed by atoms with Crippen LogP contribution in [0.15, 0.2) is 28.9 Å². The Morgan fingerprint density at radius 1 is 1.00 bits per heavy atom. The fourth-order valence-electron chi connectivity index (χ4n) is 5.40. The predicted molar refractivity (Wildman–Crippen MR) is 124 cm³/mol. The molecule has 8 heteroatoms. The first-order valence-corrected chi connectivity index (χ1v) is 12.4. The number of piperazine rings is 1. The molecule has 2 aromatic rings. The number of anilines is 1. The first kappa shape index (κ1) is 21.9. The minimum atomic E-state index is 0.00331. The van der Waals surface area contributed by atoms with Gasteiger partial charge in [-0.2, -0.15) is 0 Å². The third-order valence-electron chi connectivity index (χ3n) is 7.33. The van der Waals surface area contributed by atoms with Crippen molar-refractivity contribution in [2.24, 2.45) is 5.92 Å². The van der Waals surface area contributed by atoms with Crippen LogP contribution in [0.1, 0.15) is 60.3 Å². The third-order valence-corrected chi connectivity index (χ3v) is 7.33. The van der Waals surface area contributed by atoms with E-state index in [-0.39, 0.29) is 11.8 Å². The van der Waals surface area contributed by atoms with Gasteiger partial charge in [0.25, 0.3) is 5.91 Å². The van der Waals surface area contributed by atoms with Crippen LogP contribution in [0.25, 0.3) is 0 Å². The SMILES string of the molecule is O=C(CC[C@@H]1CCCN(C(=O)c2noc3c2CCCC3)C1)N1CCN(c2ccccn2)CC1. The van der Waals surface area contributed by atoms with Crippen molar-refractivity contribution in [3.8, 4) is 0 Å². The van der Waals surface area contributed by atoms with E-state index < -0.39 is 0 Å². The van der Waals surface area contributed by atoms with E-state index in [1.54, 1.807) is 0 Å².